The number of ether oxygens (including phenoxy) is 2. The van der Waals surface area contributed by atoms with Gasteiger partial charge in [0.05, 0.1) is 7.11 Å². The lowest BCUT2D eigenvalue weighted by Crippen LogP contribution is -2.17. The topological polar surface area (TPSA) is 30.5 Å². The van der Waals surface area contributed by atoms with Crippen molar-refractivity contribution in [3.05, 3.63) is 91.9 Å². The standard InChI is InChI=1S/C23H22BrCl2NO2/c1-28-22-12-17(14-27-11-10-16-6-3-2-4-7-16)19(24)13-23(22)29-15-18-20(25)8-5-9-21(18)26/h2-9,12-13,27H,10-11,14-15H2,1H3. The quantitative estimate of drug-likeness (QED) is 0.336. The van der Waals surface area contributed by atoms with Gasteiger partial charge in [0.2, 0.25) is 0 Å². The van der Waals surface area contributed by atoms with E-state index in [0.717, 1.165) is 35.1 Å². The fraction of sp³-hybridized carbons (Fsp3) is 0.217. The number of rotatable bonds is 9. The van der Waals surface area contributed by atoms with E-state index in [1.165, 1.54) is 5.56 Å². The molecule has 0 spiro atoms. The molecule has 3 rings (SSSR count). The second-order valence-electron chi connectivity index (χ2n) is 6.50. The van der Waals surface area contributed by atoms with E-state index in [1.807, 2.05) is 24.3 Å². The SMILES string of the molecule is COc1cc(CNCCc2ccccc2)c(Br)cc1OCc1c(Cl)cccc1Cl. The lowest BCUT2D eigenvalue weighted by atomic mass is 10.1. The summed E-state index contributed by atoms with van der Waals surface area (Å²) in [7, 11) is 1.63. The van der Waals surface area contributed by atoms with Gasteiger partial charge in [-0.2, -0.15) is 0 Å². The largest absolute Gasteiger partial charge is 0.493 e. The fourth-order valence-electron chi connectivity index (χ4n) is 2.91. The van der Waals surface area contributed by atoms with Crippen LogP contribution in [-0.2, 0) is 19.6 Å². The molecule has 0 aliphatic rings. The van der Waals surface area contributed by atoms with E-state index in [1.54, 1.807) is 19.2 Å². The minimum absolute atomic E-state index is 0.260. The van der Waals surface area contributed by atoms with E-state index in [0.29, 0.717) is 21.5 Å². The molecule has 0 aliphatic carbocycles. The maximum absolute atomic E-state index is 6.23. The molecule has 0 fully saturated rings. The van der Waals surface area contributed by atoms with Gasteiger partial charge in [-0.25, -0.2) is 0 Å². The Bertz CT molecular complexity index is 931. The van der Waals surface area contributed by atoms with Crippen LogP contribution in [0.25, 0.3) is 0 Å². The van der Waals surface area contributed by atoms with Crippen molar-refractivity contribution >= 4 is 39.1 Å². The second-order valence-corrected chi connectivity index (χ2v) is 8.16. The van der Waals surface area contributed by atoms with Crippen molar-refractivity contribution < 1.29 is 9.47 Å². The Kier molecular flexibility index (Phi) is 8.25. The van der Waals surface area contributed by atoms with Crippen LogP contribution in [0.4, 0.5) is 0 Å². The van der Waals surface area contributed by atoms with Crippen LogP contribution in [-0.4, -0.2) is 13.7 Å². The van der Waals surface area contributed by atoms with Gasteiger partial charge >= 0.3 is 0 Å². The Labute approximate surface area is 190 Å². The Balaban J connectivity index is 1.62. The van der Waals surface area contributed by atoms with Crippen molar-refractivity contribution in [1.29, 1.82) is 0 Å². The van der Waals surface area contributed by atoms with Gasteiger partial charge in [-0.05, 0) is 48.4 Å². The first-order chi connectivity index (χ1) is 14.1. The van der Waals surface area contributed by atoms with Gasteiger partial charge < -0.3 is 14.8 Å². The van der Waals surface area contributed by atoms with Gasteiger partial charge in [-0.3, -0.25) is 0 Å². The molecule has 3 nitrogen and oxygen atoms in total. The highest BCUT2D eigenvalue weighted by atomic mass is 79.9. The summed E-state index contributed by atoms with van der Waals surface area (Å²) in [5.41, 5.74) is 3.16. The Morgan fingerprint density at radius 3 is 2.34 bits per heavy atom. The summed E-state index contributed by atoms with van der Waals surface area (Å²) in [6, 6.07) is 19.7. The van der Waals surface area contributed by atoms with Crippen molar-refractivity contribution in [2.45, 2.75) is 19.6 Å². The van der Waals surface area contributed by atoms with Gasteiger partial charge in [0.15, 0.2) is 11.5 Å². The summed E-state index contributed by atoms with van der Waals surface area (Å²) in [5.74, 6) is 1.29. The molecule has 0 bridgehead atoms. The highest BCUT2D eigenvalue weighted by molar-refractivity contribution is 9.10. The molecule has 6 heteroatoms. The first-order valence-electron chi connectivity index (χ1n) is 9.25. The third kappa shape index (κ3) is 6.13. The lowest BCUT2D eigenvalue weighted by molar-refractivity contribution is 0.284. The third-order valence-electron chi connectivity index (χ3n) is 4.52. The zero-order valence-corrected chi connectivity index (χ0v) is 19.2. The highest BCUT2D eigenvalue weighted by Crippen LogP contribution is 2.35. The van der Waals surface area contributed by atoms with Crippen LogP contribution in [0.1, 0.15) is 16.7 Å². The molecule has 1 N–H and O–H groups in total. The summed E-state index contributed by atoms with van der Waals surface area (Å²) < 4.78 is 12.4. The molecule has 0 atom stereocenters. The normalized spacial score (nSPS) is 10.8. The Morgan fingerprint density at radius 1 is 0.931 bits per heavy atom. The van der Waals surface area contributed by atoms with Crippen molar-refractivity contribution in [3.63, 3.8) is 0 Å². The van der Waals surface area contributed by atoms with Crippen LogP contribution in [0.2, 0.25) is 10.0 Å². The van der Waals surface area contributed by atoms with E-state index in [2.05, 4.69) is 45.5 Å². The summed E-state index contributed by atoms with van der Waals surface area (Å²) in [6.07, 6.45) is 0.982. The predicted molar refractivity (Wildman–Crippen MR) is 123 cm³/mol. The van der Waals surface area contributed by atoms with Gasteiger partial charge in [-0.15, -0.1) is 0 Å². The van der Waals surface area contributed by atoms with Gasteiger partial charge in [0, 0.05) is 26.6 Å². The molecular weight excluding hydrogens is 473 g/mol. The van der Waals surface area contributed by atoms with Gasteiger partial charge in [-0.1, -0.05) is 75.5 Å². The van der Waals surface area contributed by atoms with Crippen LogP contribution in [0.15, 0.2) is 65.1 Å². The summed E-state index contributed by atoms with van der Waals surface area (Å²) >= 11 is 16.1. The van der Waals surface area contributed by atoms with E-state index < -0.39 is 0 Å². The van der Waals surface area contributed by atoms with Crippen LogP contribution in [0.3, 0.4) is 0 Å². The Morgan fingerprint density at radius 2 is 1.66 bits per heavy atom. The molecule has 0 saturated carbocycles. The summed E-state index contributed by atoms with van der Waals surface area (Å²) in [6.45, 7) is 1.87. The van der Waals surface area contributed by atoms with Crippen molar-refractivity contribution in [3.8, 4) is 11.5 Å². The molecule has 3 aromatic carbocycles. The highest BCUT2D eigenvalue weighted by Gasteiger charge is 2.13. The van der Waals surface area contributed by atoms with E-state index in [-0.39, 0.29) is 6.61 Å². The maximum atomic E-state index is 6.23. The molecule has 0 amide bonds. The van der Waals surface area contributed by atoms with Crippen LogP contribution in [0.5, 0.6) is 11.5 Å². The second kappa shape index (κ2) is 10.9. The molecule has 0 unspecified atom stereocenters. The summed E-state index contributed by atoms with van der Waals surface area (Å²) in [4.78, 5) is 0. The van der Waals surface area contributed by atoms with Crippen molar-refractivity contribution in [2.75, 3.05) is 13.7 Å². The maximum Gasteiger partial charge on any atom is 0.162 e. The van der Waals surface area contributed by atoms with Crippen LogP contribution in [0, 0.1) is 0 Å². The van der Waals surface area contributed by atoms with Crippen LogP contribution < -0.4 is 14.8 Å². The zero-order chi connectivity index (χ0) is 20.6. The molecule has 0 aliphatic heterocycles. The first-order valence-corrected chi connectivity index (χ1v) is 10.8. The van der Waals surface area contributed by atoms with E-state index in [9.17, 15) is 0 Å². The zero-order valence-electron chi connectivity index (χ0n) is 16.1. The van der Waals surface area contributed by atoms with Gasteiger partial charge in [0.25, 0.3) is 0 Å². The first kappa shape index (κ1) is 22.0. The molecule has 0 radical (unpaired) electrons. The summed E-state index contributed by atoms with van der Waals surface area (Å²) in [5, 5.41) is 4.63. The van der Waals surface area contributed by atoms with E-state index in [4.69, 9.17) is 32.7 Å². The molecule has 0 aromatic heterocycles. The smallest absolute Gasteiger partial charge is 0.162 e. The molecule has 3 aromatic rings. The van der Waals surface area contributed by atoms with Crippen molar-refractivity contribution in [2.24, 2.45) is 0 Å². The molecule has 29 heavy (non-hydrogen) atoms. The number of hydrogen-bond donors (Lipinski definition) is 1. The minimum Gasteiger partial charge on any atom is -0.493 e. The fourth-order valence-corrected chi connectivity index (χ4v) is 3.87. The monoisotopic (exact) mass is 493 g/mol. The number of halogens is 3. The molecule has 152 valence electrons. The number of methoxy groups -OCH3 is 1. The average molecular weight is 495 g/mol. The lowest BCUT2D eigenvalue weighted by Gasteiger charge is -2.15. The molecular formula is C23H22BrCl2NO2. The number of benzene rings is 3. The number of nitrogens with one attached hydrogen (secondary N) is 1. The Hall–Kier alpha value is -1.72. The van der Waals surface area contributed by atoms with Crippen molar-refractivity contribution in [1.82, 2.24) is 5.32 Å². The third-order valence-corrected chi connectivity index (χ3v) is 5.96. The molecule has 0 saturated heterocycles. The molecule has 0 heterocycles. The van der Waals surface area contributed by atoms with Gasteiger partial charge in [0.1, 0.15) is 6.61 Å². The van der Waals surface area contributed by atoms with E-state index >= 15 is 0 Å². The number of hydrogen-bond acceptors (Lipinski definition) is 3. The minimum atomic E-state index is 0.260. The predicted octanol–water partition coefficient (Wildman–Crippen LogP) is 6.68. The van der Waals surface area contributed by atoms with Crippen LogP contribution >= 0.6 is 39.1 Å². The average Bonchev–Trinajstić information content (AvgIpc) is 2.72.